The Balaban J connectivity index is 1.64. The Morgan fingerprint density at radius 1 is 1.12 bits per heavy atom. The van der Waals surface area contributed by atoms with Crippen molar-refractivity contribution in [2.75, 3.05) is 0 Å². The number of carbonyl (C=O) groups is 1. The molecule has 4 aliphatic carbocycles. The maximum absolute atomic E-state index is 12.0. The maximum Gasteiger partial charge on any atom is 0.155 e. The third kappa shape index (κ3) is 2.52. The van der Waals surface area contributed by atoms with Gasteiger partial charge in [-0.05, 0) is 98.9 Å². The first-order valence-corrected chi connectivity index (χ1v) is 10.8. The quantitative estimate of drug-likeness (QED) is 0.525. The molecule has 138 valence electrons. The van der Waals surface area contributed by atoms with Crippen LogP contribution in [-0.4, -0.2) is 5.78 Å². The monoisotopic (exact) mass is 340 g/mol. The van der Waals surface area contributed by atoms with E-state index < -0.39 is 0 Å². The van der Waals surface area contributed by atoms with Crippen LogP contribution in [0.25, 0.3) is 0 Å². The van der Waals surface area contributed by atoms with Crippen LogP contribution >= 0.6 is 0 Å². The Hall–Kier alpha value is -0.850. The lowest BCUT2D eigenvalue weighted by Crippen LogP contribution is -2.50. The minimum atomic E-state index is 0.324. The van der Waals surface area contributed by atoms with Crippen molar-refractivity contribution in [1.29, 1.82) is 0 Å². The minimum absolute atomic E-state index is 0.324. The highest BCUT2D eigenvalue weighted by molar-refractivity contribution is 5.91. The normalized spacial score (nSPS) is 47.0. The van der Waals surface area contributed by atoms with Crippen LogP contribution in [0.1, 0.15) is 85.5 Å². The van der Waals surface area contributed by atoms with Gasteiger partial charge in [-0.25, -0.2) is 0 Å². The molecule has 0 aliphatic heterocycles. The van der Waals surface area contributed by atoms with Crippen molar-refractivity contribution in [3.8, 4) is 0 Å². The van der Waals surface area contributed by atoms with Crippen molar-refractivity contribution in [3.63, 3.8) is 0 Å². The fraction of sp³-hybridized carbons (Fsp3) is 0.792. The lowest BCUT2D eigenvalue weighted by Gasteiger charge is -2.58. The minimum Gasteiger partial charge on any atom is -0.295 e. The lowest BCUT2D eigenvalue weighted by molar-refractivity contribution is -0.117. The van der Waals surface area contributed by atoms with Crippen molar-refractivity contribution in [2.45, 2.75) is 85.5 Å². The molecule has 0 aromatic heterocycles. The third-order valence-corrected chi connectivity index (χ3v) is 9.04. The summed E-state index contributed by atoms with van der Waals surface area (Å²) in [4.78, 5) is 12.0. The second-order valence-electron chi connectivity index (χ2n) is 10.00. The fourth-order valence-corrected chi connectivity index (χ4v) is 7.77. The van der Waals surface area contributed by atoms with E-state index in [0.717, 1.165) is 36.5 Å². The molecular formula is C24H36O. The van der Waals surface area contributed by atoms with Crippen LogP contribution in [0.2, 0.25) is 0 Å². The summed E-state index contributed by atoms with van der Waals surface area (Å²) in [6.45, 7) is 9.79. The average molecular weight is 341 g/mol. The molecule has 0 aromatic rings. The molecule has 0 aromatic carbocycles. The molecule has 4 aliphatic rings. The van der Waals surface area contributed by atoms with Crippen LogP contribution < -0.4 is 0 Å². The van der Waals surface area contributed by atoms with E-state index in [-0.39, 0.29) is 0 Å². The molecule has 6 atom stereocenters. The van der Waals surface area contributed by atoms with Crippen LogP contribution in [0.15, 0.2) is 23.3 Å². The second kappa shape index (κ2) is 6.10. The number of ketones is 1. The molecule has 0 bridgehead atoms. The zero-order valence-electron chi connectivity index (χ0n) is 16.7. The molecule has 0 saturated heterocycles. The summed E-state index contributed by atoms with van der Waals surface area (Å²) in [5.74, 6) is 3.83. The van der Waals surface area contributed by atoms with Crippen molar-refractivity contribution in [3.05, 3.63) is 23.3 Å². The smallest absolute Gasteiger partial charge is 0.155 e. The maximum atomic E-state index is 12.0. The van der Waals surface area contributed by atoms with E-state index in [1.165, 1.54) is 50.5 Å². The molecular weight excluding hydrogens is 304 g/mol. The van der Waals surface area contributed by atoms with Crippen molar-refractivity contribution in [1.82, 2.24) is 0 Å². The molecule has 0 radical (unpaired) electrons. The first-order valence-electron chi connectivity index (χ1n) is 10.8. The van der Waals surface area contributed by atoms with E-state index in [9.17, 15) is 4.79 Å². The predicted molar refractivity (Wildman–Crippen MR) is 104 cm³/mol. The van der Waals surface area contributed by atoms with Crippen LogP contribution in [-0.2, 0) is 4.79 Å². The van der Waals surface area contributed by atoms with Gasteiger partial charge in [0.25, 0.3) is 0 Å². The van der Waals surface area contributed by atoms with Crippen LogP contribution in [0.3, 0.4) is 0 Å². The van der Waals surface area contributed by atoms with Gasteiger partial charge in [-0.15, -0.1) is 0 Å². The molecule has 3 saturated carbocycles. The molecule has 0 amide bonds. The van der Waals surface area contributed by atoms with Gasteiger partial charge in [0.05, 0.1) is 0 Å². The largest absolute Gasteiger partial charge is 0.295 e. The molecule has 1 heteroatoms. The topological polar surface area (TPSA) is 17.1 Å². The Kier molecular flexibility index (Phi) is 4.28. The number of rotatable bonds is 2. The fourth-order valence-electron chi connectivity index (χ4n) is 7.77. The summed E-state index contributed by atoms with van der Waals surface area (Å²) >= 11 is 0. The summed E-state index contributed by atoms with van der Waals surface area (Å²) < 4.78 is 0. The number of hydrogen-bond acceptors (Lipinski definition) is 1. The van der Waals surface area contributed by atoms with E-state index >= 15 is 0 Å². The SMILES string of the molecule is CC/C=C(\C)C1CCC2C3CCC4=CC(=O)CCC4(C)C3CCC12C. The van der Waals surface area contributed by atoms with E-state index in [1.807, 2.05) is 6.08 Å². The second-order valence-corrected chi connectivity index (χ2v) is 10.00. The summed E-state index contributed by atoms with van der Waals surface area (Å²) in [6.07, 6.45) is 15.7. The molecule has 4 rings (SSSR count). The van der Waals surface area contributed by atoms with Gasteiger partial charge in [0.1, 0.15) is 0 Å². The molecule has 0 N–H and O–H groups in total. The van der Waals surface area contributed by atoms with Crippen molar-refractivity contribution in [2.24, 2.45) is 34.5 Å². The zero-order valence-corrected chi connectivity index (χ0v) is 16.7. The highest BCUT2D eigenvalue weighted by Crippen LogP contribution is 2.67. The Morgan fingerprint density at radius 3 is 2.68 bits per heavy atom. The number of allylic oxidation sites excluding steroid dienone is 3. The summed E-state index contributed by atoms with van der Waals surface area (Å²) in [5, 5.41) is 0. The van der Waals surface area contributed by atoms with Gasteiger partial charge in [-0.3, -0.25) is 4.79 Å². The Morgan fingerprint density at radius 2 is 1.92 bits per heavy atom. The Bertz CT molecular complexity index is 626. The van der Waals surface area contributed by atoms with Crippen LogP contribution in [0.5, 0.6) is 0 Å². The highest BCUT2D eigenvalue weighted by Gasteiger charge is 2.58. The van der Waals surface area contributed by atoms with Gasteiger partial charge in [0, 0.05) is 6.42 Å². The summed E-state index contributed by atoms with van der Waals surface area (Å²) in [6, 6.07) is 0. The highest BCUT2D eigenvalue weighted by atomic mass is 16.1. The first kappa shape index (κ1) is 17.6. The van der Waals surface area contributed by atoms with E-state index in [2.05, 4.69) is 33.8 Å². The van der Waals surface area contributed by atoms with Crippen LogP contribution in [0, 0.1) is 34.5 Å². The van der Waals surface area contributed by atoms with Gasteiger partial charge < -0.3 is 0 Å². The molecule has 25 heavy (non-hydrogen) atoms. The number of fused-ring (bicyclic) bond motifs is 5. The van der Waals surface area contributed by atoms with Gasteiger partial charge in [-0.2, -0.15) is 0 Å². The van der Waals surface area contributed by atoms with Crippen LogP contribution in [0.4, 0.5) is 0 Å². The van der Waals surface area contributed by atoms with E-state index in [1.54, 1.807) is 5.57 Å². The van der Waals surface area contributed by atoms with E-state index in [4.69, 9.17) is 0 Å². The van der Waals surface area contributed by atoms with Crippen molar-refractivity contribution < 1.29 is 4.79 Å². The number of hydrogen-bond donors (Lipinski definition) is 0. The average Bonchev–Trinajstić information content (AvgIpc) is 2.93. The van der Waals surface area contributed by atoms with Gasteiger partial charge in [0.2, 0.25) is 0 Å². The predicted octanol–water partition coefficient (Wildman–Crippen LogP) is 6.49. The van der Waals surface area contributed by atoms with Gasteiger partial charge in [0.15, 0.2) is 5.78 Å². The molecule has 6 unspecified atom stereocenters. The van der Waals surface area contributed by atoms with Crippen molar-refractivity contribution >= 4 is 5.78 Å². The lowest BCUT2D eigenvalue weighted by atomic mass is 9.46. The Labute approximate surface area is 154 Å². The number of carbonyl (C=O) groups excluding carboxylic acids is 1. The summed E-state index contributed by atoms with van der Waals surface area (Å²) in [5.41, 5.74) is 4.02. The molecule has 3 fully saturated rings. The van der Waals surface area contributed by atoms with Gasteiger partial charge >= 0.3 is 0 Å². The summed E-state index contributed by atoms with van der Waals surface area (Å²) in [7, 11) is 0. The van der Waals surface area contributed by atoms with Gasteiger partial charge in [-0.1, -0.05) is 38.0 Å². The zero-order chi connectivity index (χ0) is 17.8. The standard InChI is InChI=1S/C24H36O/c1-5-6-16(2)20-9-10-21-19-8-7-17-15-18(25)11-13-23(17,3)22(19)12-14-24(20,21)4/h6,15,19-22H,5,7-14H2,1-4H3/b16-6+. The first-order chi connectivity index (χ1) is 11.9. The van der Waals surface area contributed by atoms with E-state index in [0.29, 0.717) is 16.6 Å². The molecule has 1 nitrogen and oxygen atoms in total. The third-order valence-electron chi connectivity index (χ3n) is 9.04. The molecule has 0 spiro atoms. The molecule has 0 heterocycles.